The number of hydrogen-bond acceptors (Lipinski definition) is 3. The molecular formula is C7H8N2O2. The van der Waals surface area contributed by atoms with Gasteiger partial charge in [-0.1, -0.05) is 0 Å². The molecule has 4 heteroatoms. The molecule has 0 aliphatic heterocycles. The average Bonchev–Trinajstić information content (AvgIpc) is 2.39. The van der Waals surface area contributed by atoms with Crippen LogP contribution in [0.1, 0.15) is 12.5 Å². The molecule has 1 heterocycles. The number of furan rings is 1. The zero-order chi connectivity index (χ0) is 8.10. The van der Waals surface area contributed by atoms with E-state index in [4.69, 9.17) is 4.42 Å². The molecule has 0 aliphatic rings. The van der Waals surface area contributed by atoms with Crippen LogP contribution in [0.25, 0.3) is 0 Å². The highest BCUT2D eigenvalue weighted by Crippen LogP contribution is 1.93. The summed E-state index contributed by atoms with van der Waals surface area (Å²) >= 11 is 0. The van der Waals surface area contributed by atoms with E-state index in [9.17, 15) is 4.79 Å². The van der Waals surface area contributed by atoms with E-state index in [1.807, 2.05) is 0 Å². The van der Waals surface area contributed by atoms with Crippen molar-refractivity contribution in [3.05, 3.63) is 24.2 Å². The van der Waals surface area contributed by atoms with Crippen LogP contribution >= 0.6 is 0 Å². The van der Waals surface area contributed by atoms with Gasteiger partial charge in [0.2, 0.25) is 5.91 Å². The Bertz CT molecular complexity index is 251. The summed E-state index contributed by atoms with van der Waals surface area (Å²) < 4.78 is 4.77. The van der Waals surface area contributed by atoms with Gasteiger partial charge >= 0.3 is 0 Å². The lowest BCUT2D eigenvalue weighted by molar-refractivity contribution is -0.118. The molecule has 1 aromatic heterocycles. The predicted octanol–water partition coefficient (Wildman–Crippen LogP) is 0.750. The quantitative estimate of drug-likeness (QED) is 0.502. The Labute approximate surface area is 63.9 Å². The van der Waals surface area contributed by atoms with Gasteiger partial charge < -0.3 is 4.42 Å². The van der Waals surface area contributed by atoms with Gasteiger partial charge in [0.15, 0.2) is 0 Å². The SMILES string of the molecule is CC(=O)N/N=C/c1ccoc1. The van der Waals surface area contributed by atoms with Gasteiger partial charge in [-0.2, -0.15) is 5.10 Å². The van der Waals surface area contributed by atoms with Crippen molar-refractivity contribution in [2.24, 2.45) is 5.10 Å². The van der Waals surface area contributed by atoms with E-state index in [0.29, 0.717) is 0 Å². The van der Waals surface area contributed by atoms with Crippen LogP contribution in [-0.4, -0.2) is 12.1 Å². The first kappa shape index (κ1) is 7.53. The third kappa shape index (κ3) is 2.66. The molecular weight excluding hydrogens is 144 g/mol. The summed E-state index contributed by atoms with van der Waals surface area (Å²) in [6, 6.07) is 1.74. The molecule has 0 bridgehead atoms. The van der Waals surface area contributed by atoms with Crippen LogP contribution in [0.2, 0.25) is 0 Å². The van der Waals surface area contributed by atoms with Gasteiger partial charge in [0.25, 0.3) is 0 Å². The lowest BCUT2D eigenvalue weighted by Gasteiger charge is -1.87. The third-order valence-electron chi connectivity index (χ3n) is 0.979. The van der Waals surface area contributed by atoms with Gasteiger partial charge in [-0.15, -0.1) is 0 Å². The van der Waals surface area contributed by atoms with Gasteiger partial charge in [-0.05, 0) is 6.07 Å². The summed E-state index contributed by atoms with van der Waals surface area (Å²) in [5.74, 6) is -0.190. The van der Waals surface area contributed by atoms with E-state index in [0.717, 1.165) is 5.56 Å². The van der Waals surface area contributed by atoms with Crippen LogP contribution in [0.5, 0.6) is 0 Å². The Kier molecular flexibility index (Phi) is 2.43. The lowest BCUT2D eigenvalue weighted by atomic mass is 10.4. The van der Waals surface area contributed by atoms with Crippen molar-refractivity contribution in [1.82, 2.24) is 5.43 Å². The van der Waals surface area contributed by atoms with Crippen molar-refractivity contribution in [3.8, 4) is 0 Å². The number of rotatable bonds is 2. The maximum atomic E-state index is 10.3. The van der Waals surface area contributed by atoms with Crippen molar-refractivity contribution < 1.29 is 9.21 Å². The molecule has 0 saturated heterocycles. The van der Waals surface area contributed by atoms with Gasteiger partial charge in [0, 0.05) is 12.5 Å². The van der Waals surface area contributed by atoms with E-state index in [-0.39, 0.29) is 5.91 Å². The van der Waals surface area contributed by atoms with Gasteiger partial charge in [0.1, 0.15) is 0 Å². The van der Waals surface area contributed by atoms with E-state index in [1.54, 1.807) is 6.07 Å². The molecule has 0 fully saturated rings. The Balaban J connectivity index is 2.43. The smallest absolute Gasteiger partial charge is 0.236 e. The van der Waals surface area contributed by atoms with Crippen LogP contribution in [0, 0.1) is 0 Å². The fourth-order valence-corrected chi connectivity index (χ4v) is 0.546. The first-order chi connectivity index (χ1) is 5.29. The highest BCUT2D eigenvalue weighted by molar-refractivity contribution is 5.81. The van der Waals surface area contributed by atoms with Crippen LogP contribution in [0.3, 0.4) is 0 Å². The molecule has 0 spiro atoms. The number of nitrogens with one attached hydrogen (secondary N) is 1. The largest absolute Gasteiger partial charge is 0.472 e. The van der Waals surface area contributed by atoms with Crippen molar-refractivity contribution in [1.29, 1.82) is 0 Å². The second kappa shape index (κ2) is 3.55. The predicted molar refractivity (Wildman–Crippen MR) is 40.1 cm³/mol. The fourth-order valence-electron chi connectivity index (χ4n) is 0.546. The minimum absolute atomic E-state index is 0.190. The van der Waals surface area contributed by atoms with Crippen LogP contribution in [0.15, 0.2) is 28.1 Å². The van der Waals surface area contributed by atoms with E-state index in [1.165, 1.54) is 25.7 Å². The van der Waals surface area contributed by atoms with E-state index >= 15 is 0 Å². The molecule has 0 atom stereocenters. The molecule has 0 unspecified atom stereocenters. The summed E-state index contributed by atoms with van der Waals surface area (Å²) in [5.41, 5.74) is 3.09. The summed E-state index contributed by atoms with van der Waals surface area (Å²) in [7, 11) is 0. The Morgan fingerprint density at radius 3 is 3.18 bits per heavy atom. The number of nitrogens with zero attached hydrogens (tertiary/aromatic N) is 1. The van der Waals surface area contributed by atoms with Gasteiger partial charge in [0.05, 0.1) is 18.7 Å². The minimum Gasteiger partial charge on any atom is -0.472 e. The molecule has 11 heavy (non-hydrogen) atoms. The Morgan fingerprint density at radius 1 is 1.82 bits per heavy atom. The number of hydrogen-bond donors (Lipinski definition) is 1. The van der Waals surface area contributed by atoms with Gasteiger partial charge in [-0.3, -0.25) is 4.79 Å². The Hall–Kier alpha value is -1.58. The van der Waals surface area contributed by atoms with Crippen LogP contribution < -0.4 is 5.43 Å². The second-order valence-corrected chi connectivity index (χ2v) is 1.98. The maximum Gasteiger partial charge on any atom is 0.236 e. The summed E-state index contributed by atoms with van der Waals surface area (Å²) in [4.78, 5) is 10.3. The molecule has 4 nitrogen and oxygen atoms in total. The average molecular weight is 152 g/mol. The molecule has 1 aromatic rings. The highest BCUT2D eigenvalue weighted by atomic mass is 16.3. The number of carbonyl (C=O) groups excluding carboxylic acids is 1. The van der Waals surface area contributed by atoms with Crippen LogP contribution in [-0.2, 0) is 4.79 Å². The van der Waals surface area contributed by atoms with Crippen molar-refractivity contribution in [3.63, 3.8) is 0 Å². The van der Waals surface area contributed by atoms with Crippen molar-refractivity contribution in [2.45, 2.75) is 6.92 Å². The zero-order valence-electron chi connectivity index (χ0n) is 6.07. The summed E-state index contributed by atoms with van der Waals surface area (Å²) in [6.07, 6.45) is 4.57. The maximum absolute atomic E-state index is 10.3. The fraction of sp³-hybridized carbons (Fsp3) is 0.143. The number of carbonyl (C=O) groups is 1. The van der Waals surface area contributed by atoms with Crippen LogP contribution in [0.4, 0.5) is 0 Å². The van der Waals surface area contributed by atoms with Crippen molar-refractivity contribution in [2.75, 3.05) is 0 Å². The molecule has 0 saturated carbocycles. The first-order valence-electron chi connectivity index (χ1n) is 3.11. The zero-order valence-corrected chi connectivity index (χ0v) is 6.07. The normalized spacial score (nSPS) is 10.3. The van der Waals surface area contributed by atoms with Gasteiger partial charge in [-0.25, -0.2) is 5.43 Å². The number of amides is 1. The standard InChI is InChI=1S/C7H8N2O2/c1-6(10)9-8-4-7-2-3-11-5-7/h2-5H,1H3,(H,9,10)/b8-4+. The van der Waals surface area contributed by atoms with E-state index in [2.05, 4.69) is 10.5 Å². The second-order valence-electron chi connectivity index (χ2n) is 1.98. The molecule has 58 valence electrons. The summed E-state index contributed by atoms with van der Waals surface area (Å²) in [6.45, 7) is 1.40. The molecule has 0 aliphatic carbocycles. The Morgan fingerprint density at radius 2 is 2.64 bits per heavy atom. The van der Waals surface area contributed by atoms with E-state index < -0.39 is 0 Å². The molecule has 1 rings (SSSR count). The summed E-state index contributed by atoms with van der Waals surface area (Å²) in [5, 5.41) is 3.63. The number of hydrazone groups is 1. The topological polar surface area (TPSA) is 54.6 Å². The minimum atomic E-state index is -0.190. The third-order valence-corrected chi connectivity index (χ3v) is 0.979. The monoisotopic (exact) mass is 152 g/mol. The lowest BCUT2D eigenvalue weighted by Crippen LogP contribution is -2.12. The van der Waals surface area contributed by atoms with Crippen molar-refractivity contribution >= 4 is 12.1 Å². The molecule has 0 radical (unpaired) electrons. The molecule has 0 aromatic carbocycles. The molecule has 1 N–H and O–H groups in total. The highest BCUT2D eigenvalue weighted by Gasteiger charge is 1.87. The first-order valence-corrected chi connectivity index (χ1v) is 3.11. The molecule has 1 amide bonds.